The number of H-pyrrole nitrogens is 1. The molecule has 1 aliphatic heterocycles. The van der Waals surface area contributed by atoms with Crippen molar-refractivity contribution in [3.05, 3.63) is 53.6 Å². The van der Waals surface area contributed by atoms with Gasteiger partial charge in [0.1, 0.15) is 5.82 Å². The van der Waals surface area contributed by atoms with E-state index < -0.39 is 11.7 Å². The summed E-state index contributed by atoms with van der Waals surface area (Å²) in [5.41, 5.74) is 2.29. The Morgan fingerprint density at radius 2 is 2.14 bits per heavy atom. The summed E-state index contributed by atoms with van der Waals surface area (Å²) < 4.78 is 19.8. The van der Waals surface area contributed by atoms with E-state index in [1.54, 1.807) is 6.20 Å². The van der Waals surface area contributed by atoms with Crippen LogP contribution in [0.25, 0.3) is 22.2 Å². The molecule has 5 rings (SSSR count). The number of halogens is 1. The molecule has 1 aliphatic rings. The van der Waals surface area contributed by atoms with Gasteiger partial charge in [-0.15, -0.1) is 0 Å². The van der Waals surface area contributed by atoms with Gasteiger partial charge < -0.3 is 20.5 Å². The Bertz CT molecular complexity index is 1370. The largest absolute Gasteiger partial charge is 0.364 e. The molecule has 182 valence electrons. The molecule has 0 aliphatic carbocycles. The highest BCUT2D eigenvalue weighted by Crippen LogP contribution is 2.33. The molecule has 4 N–H and O–H groups in total. The summed E-state index contributed by atoms with van der Waals surface area (Å²) >= 11 is 0. The summed E-state index contributed by atoms with van der Waals surface area (Å²) in [5, 5.41) is 21.4. The number of aromatic nitrogens is 5. The van der Waals surface area contributed by atoms with E-state index in [2.05, 4.69) is 41.3 Å². The van der Waals surface area contributed by atoms with Gasteiger partial charge in [-0.3, -0.25) is 9.89 Å². The fourth-order valence-corrected chi connectivity index (χ4v) is 4.06. The molecule has 35 heavy (non-hydrogen) atoms. The number of hydrogen-bond donors (Lipinski definition) is 4. The first-order valence-electron chi connectivity index (χ1n) is 11.5. The summed E-state index contributed by atoms with van der Waals surface area (Å²) in [6, 6.07) is 6.78. The Labute approximate surface area is 201 Å². The Kier molecular flexibility index (Phi) is 5.93. The Hall–Kier alpha value is -3.86. The first kappa shape index (κ1) is 22.9. The van der Waals surface area contributed by atoms with Gasteiger partial charge in [-0.2, -0.15) is 10.1 Å². The fraction of sp³-hybridized carbons (Fsp3) is 0.375. The minimum absolute atomic E-state index is 0.0575. The van der Waals surface area contributed by atoms with Gasteiger partial charge in [0.05, 0.1) is 5.39 Å². The van der Waals surface area contributed by atoms with Gasteiger partial charge in [-0.1, -0.05) is 25.9 Å². The highest BCUT2D eigenvalue weighted by Gasteiger charge is 2.24. The number of carbonyl (C=O) groups is 1. The zero-order valence-corrected chi connectivity index (χ0v) is 19.8. The van der Waals surface area contributed by atoms with E-state index in [1.807, 2.05) is 32.9 Å². The van der Waals surface area contributed by atoms with E-state index >= 15 is 0 Å². The lowest BCUT2D eigenvalue weighted by molar-refractivity contribution is 0.0937. The molecule has 1 fully saturated rings. The number of hydrogen-bond acceptors (Lipinski definition) is 8. The van der Waals surface area contributed by atoms with Crippen LogP contribution in [0, 0.1) is 5.82 Å². The van der Waals surface area contributed by atoms with Crippen molar-refractivity contribution >= 4 is 22.8 Å². The van der Waals surface area contributed by atoms with Crippen molar-refractivity contribution in [2.24, 2.45) is 0 Å². The molecule has 1 saturated heterocycles. The molecule has 10 nitrogen and oxygen atoms in total. The number of aromatic amines is 1. The molecule has 4 aromatic rings. The maximum absolute atomic E-state index is 14.6. The quantitative estimate of drug-likeness (QED) is 0.332. The van der Waals surface area contributed by atoms with Crippen LogP contribution in [-0.2, 0) is 12.0 Å². The lowest BCUT2D eigenvalue weighted by atomic mass is 9.97. The molecule has 0 bridgehead atoms. The lowest BCUT2D eigenvalue weighted by Gasteiger charge is -2.12. The van der Waals surface area contributed by atoms with Crippen LogP contribution in [0.4, 0.5) is 10.2 Å². The predicted molar refractivity (Wildman–Crippen MR) is 128 cm³/mol. The fourth-order valence-electron chi connectivity index (χ4n) is 4.06. The molecular formula is C24H27FN8O2. The second-order valence-electron chi connectivity index (χ2n) is 9.69. The molecule has 3 aromatic heterocycles. The van der Waals surface area contributed by atoms with Crippen LogP contribution in [0.2, 0.25) is 0 Å². The minimum atomic E-state index is -0.493. The number of nitrogens with zero attached hydrogens (tertiary/aromatic N) is 4. The SMILES string of the molecule is CC(C)(C)c1nc(C(=O)NCc2cc(F)cc(-c3ccnc4[nH]nc(N[C@@H]5CCNC5)c34)c2)no1. The molecular weight excluding hydrogens is 451 g/mol. The molecule has 11 heteroatoms. The Morgan fingerprint density at radius 3 is 2.89 bits per heavy atom. The summed E-state index contributed by atoms with van der Waals surface area (Å²) in [7, 11) is 0. The Morgan fingerprint density at radius 1 is 1.29 bits per heavy atom. The van der Waals surface area contributed by atoms with E-state index in [4.69, 9.17) is 4.52 Å². The van der Waals surface area contributed by atoms with Crippen molar-refractivity contribution in [3.8, 4) is 11.1 Å². The predicted octanol–water partition coefficient (Wildman–Crippen LogP) is 3.15. The number of pyridine rings is 1. The first-order valence-corrected chi connectivity index (χ1v) is 11.5. The number of amides is 1. The van der Waals surface area contributed by atoms with Gasteiger partial charge in [0.2, 0.25) is 5.89 Å². The average Bonchev–Trinajstić information content (AvgIpc) is 3.58. The second-order valence-corrected chi connectivity index (χ2v) is 9.69. The molecule has 0 radical (unpaired) electrons. The minimum Gasteiger partial charge on any atom is -0.364 e. The summed E-state index contributed by atoms with van der Waals surface area (Å²) in [6.07, 6.45) is 2.65. The van der Waals surface area contributed by atoms with Crippen molar-refractivity contribution < 1.29 is 13.7 Å². The van der Waals surface area contributed by atoms with E-state index in [0.29, 0.717) is 28.5 Å². The number of fused-ring (bicyclic) bond motifs is 1. The van der Waals surface area contributed by atoms with E-state index in [9.17, 15) is 9.18 Å². The zero-order valence-electron chi connectivity index (χ0n) is 19.8. The normalized spacial score (nSPS) is 16.1. The molecule has 1 atom stereocenters. The third-order valence-corrected chi connectivity index (χ3v) is 5.85. The summed E-state index contributed by atoms with van der Waals surface area (Å²) in [6.45, 7) is 7.65. The highest BCUT2D eigenvalue weighted by atomic mass is 19.1. The van der Waals surface area contributed by atoms with Crippen molar-refractivity contribution in [1.82, 2.24) is 36.0 Å². The van der Waals surface area contributed by atoms with Gasteiger partial charge >= 0.3 is 0 Å². The van der Waals surface area contributed by atoms with Gasteiger partial charge in [-0.05, 0) is 53.9 Å². The number of nitrogens with one attached hydrogen (secondary N) is 4. The number of carbonyl (C=O) groups excluding carboxylic acids is 1. The highest BCUT2D eigenvalue weighted by molar-refractivity contribution is 6.00. The molecule has 0 saturated carbocycles. The molecule has 0 unspecified atom stereocenters. The van der Waals surface area contributed by atoms with Crippen molar-refractivity contribution in [2.75, 3.05) is 18.4 Å². The number of benzene rings is 1. The Balaban J connectivity index is 1.39. The van der Waals surface area contributed by atoms with Gasteiger partial charge in [0.25, 0.3) is 11.7 Å². The van der Waals surface area contributed by atoms with Crippen molar-refractivity contribution in [2.45, 2.75) is 45.2 Å². The van der Waals surface area contributed by atoms with Crippen LogP contribution in [0.3, 0.4) is 0 Å². The van der Waals surface area contributed by atoms with Crippen LogP contribution in [0.5, 0.6) is 0 Å². The molecule has 4 heterocycles. The van der Waals surface area contributed by atoms with Gasteiger partial charge in [-0.25, -0.2) is 9.37 Å². The molecule has 0 spiro atoms. The smallest absolute Gasteiger partial charge is 0.292 e. The number of rotatable bonds is 6. The molecule has 1 aromatic carbocycles. The maximum atomic E-state index is 14.6. The standard InChI is InChI=1S/C24H27FN8O2/c1-24(2,3)23-30-21(33-35-23)22(34)28-11-13-8-14(10-15(25)9-13)17-5-7-27-19-18(17)20(32-31-19)29-16-4-6-26-12-16/h5,7-10,16,26H,4,6,11-12H2,1-3H3,(H,28,34)(H2,27,29,31,32)/t16-/m1/s1. The van der Waals surface area contributed by atoms with E-state index in [-0.39, 0.29) is 23.8 Å². The maximum Gasteiger partial charge on any atom is 0.292 e. The third-order valence-electron chi connectivity index (χ3n) is 5.85. The van der Waals surface area contributed by atoms with Gasteiger partial charge in [0.15, 0.2) is 11.5 Å². The van der Waals surface area contributed by atoms with E-state index in [0.717, 1.165) is 30.5 Å². The monoisotopic (exact) mass is 478 g/mol. The summed E-state index contributed by atoms with van der Waals surface area (Å²) in [4.78, 5) is 21.1. The van der Waals surface area contributed by atoms with Crippen LogP contribution in [0.1, 0.15) is 49.3 Å². The van der Waals surface area contributed by atoms with Crippen molar-refractivity contribution in [3.63, 3.8) is 0 Å². The summed E-state index contributed by atoms with van der Waals surface area (Å²) in [5.74, 6) is 0.0908. The first-order chi connectivity index (χ1) is 16.8. The second kappa shape index (κ2) is 9.06. The van der Waals surface area contributed by atoms with Crippen LogP contribution >= 0.6 is 0 Å². The lowest BCUT2D eigenvalue weighted by Crippen LogP contribution is -2.24. The van der Waals surface area contributed by atoms with Crippen LogP contribution in [-0.4, -0.2) is 50.4 Å². The zero-order chi connectivity index (χ0) is 24.6. The number of anilines is 1. The average molecular weight is 479 g/mol. The van der Waals surface area contributed by atoms with E-state index in [1.165, 1.54) is 12.1 Å². The van der Waals surface area contributed by atoms with Crippen LogP contribution < -0.4 is 16.0 Å². The third kappa shape index (κ3) is 4.85. The van der Waals surface area contributed by atoms with Crippen molar-refractivity contribution in [1.29, 1.82) is 0 Å². The van der Waals surface area contributed by atoms with Gasteiger partial charge in [0, 0.05) is 30.7 Å². The van der Waals surface area contributed by atoms with Crippen LogP contribution in [0.15, 0.2) is 35.0 Å². The molecule has 1 amide bonds. The topological polar surface area (TPSA) is 134 Å².